The lowest BCUT2D eigenvalue weighted by Gasteiger charge is -2.50. The van der Waals surface area contributed by atoms with Crippen molar-refractivity contribution >= 4 is 29.1 Å². The van der Waals surface area contributed by atoms with Crippen molar-refractivity contribution in [3.8, 4) is 10.4 Å². The monoisotopic (exact) mass is 624 g/mol. The SMILES string of the molecule is Cc1ncsc1-c1ccc(CNC(=O)[C@@H]2C[C@@H](O)CN2C(=O)[C@H](C2CC(C(N)=O)CCN2C2CCNCC2)C(C)(C)C)cc1. The third-order valence-electron chi connectivity index (χ3n) is 9.74. The highest BCUT2D eigenvalue weighted by Gasteiger charge is 2.50. The number of nitrogens with zero attached hydrogens (tertiary/aromatic N) is 3. The molecule has 5 N–H and O–H groups in total. The Morgan fingerprint density at radius 1 is 1.14 bits per heavy atom. The van der Waals surface area contributed by atoms with E-state index in [2.05, 4.69) is 41.3 Å². The fraction of sp³-hybridized carbons (Fsp3) is 0.636. The number of amides is 3. The molecule has 3 saturated heterocycles. The maximum Gasteiger partial charge on any atom is 0.243 e. The zero-order valence-corrected chi connectivity index (χ0v) is 27.2. The van der Waals surface area contributed by atoms with Gasteiger partial charge in [-0.3, -0.25) is 19.3 Å². The van der Waals surface area contributed by atoms with Gasteiger partial charge < -0.3 is 26.4 Å². The van der Waals surface area contributed by atoms with Crippen molar-refractivity contribution in [2.75, 3.05) is 26.2 Å². The zero-order chi connectivity index (χ0) is 31.6. The molecule has 5 rings (SSSR count). The summed E-state index contributed by atoms with van der Waals surface area (Å²) in [5, 5.41) is 17.2. The third-order valence-corrected chi connectivity index (χ3v) is 10.7. The molecule has 240 valence electrons. The number of hydrogen-bond donors (Lipinski definition) is 4. The van der Waals surface area contributed by atoms with Crippen LogP contribution in [-0.2, 0) is 20.9 Å². The Labute approximate surface area is 264 Å². The van der Waals surface area contributed by atoms with Gasteiger partial charge in [0.25, 0.3) is 0 Å². The molecule has 2 unspecified atom stereocenters. The topological polar surface area (TPSA) is 141 Å². The second-order valence-electron chi connectivity index (χ2n) is 13.8. The van der Waals surface area contributed by atoms with Crippen molar-refractivity contribution in [1.82, 2.24) is 25.4 Å². The van der Waals surface area contributed by atoms with Crippen molar-refractivity contribution in [1.29, 1.82) is 0 Å². The van der Waals surface area contributed by atoms with Gasteiger partial charge in [-0.1, -0.05) is 45.0 Å². The van der Waals surface area contributed by atoms with Gasteiger partial charge in [0.15, 0.2) is 0 Å². The fourth-order valence-corrected chi connectivity index (χ4v) is 8.26. The van der Waals surface area contributed by atoms with Crippen LogP contribution < -0.4 is 16.4 Å². The number of β-amino-alcohol motifs (C(OH)–C–C–N with tert-alkyl or cyclic N) is 1. The van der Waals surface area contributed by atoms with E-state index in [1.54, 1.807) is 16.2 Å². The standard InChI is InChI=1S/C33H48N6O4S/c1-20-29(44-19-37-20)22-7-5-21(6-8-22)17-36-31(42)27-16-25(40)18-39(27)32(43)28(33(2,3)4)26-15-23(30(34)41)11-14-38(26)24-9-12-35-13-10-24/h5-8,19,23-28,35,40H,9-18H2,1-4H3,(H2,34,41)(H,36,42)/t23?,25-,26?,27+,28+/m1/s1. The van der Waals surface area contributed by atoms with E-state index in [9.17, 15) is 19.5 Å². The van der Waals surface area contributed by atoms with Gasteiger partial charge in [0.1, 0.15) is 6.04 Å². The number of piperidine rings is 2. The quantitative estimate of drug-likeness (QED) is 0.354. The van der Waals surface area contributed by atoms with Crippen LogP contribution in [0.15, 0.2) is 29.8 Å². The van der Waals surface area contributed by atoms with Crippen molar-refractivity contribution in [3.05, 3.63) is 41.0 Å². The highest BCUT2D eigenvalue weighted by atomic mass is 32.1. The summed E-state index contributed by atoms with van der Waals surface area (Å²) in [6.07, 6.45) is 2.62. The largest absolute Gasteiger partial charge is 0.391 e. The number of aromatic nitrogens is 1. The molecule has 3 aliphatic heterocycles. The maximum atomic E-state index is 14.6. The number of thiazole rings is 1. The predicted molar refractivity (Wildman–Crippen MR) is 172 cm³/mol. The van der Waals surface area contributed by atoms with Gasteiger partial charge in [-0.15, -0.1) is 11.3 Å². The first-order chi connectivity index (χ1) is 20.9. The second kappa shape index (κ2) is 13.6. The maximum absolute atomic E-state index is 14.6. The first-order valence-electron chi connectivity index (χ1n) is 16.0. The van der Waals surface area contributed by atoms with E-state index >= 15 is 0 Å². The van der Waals surface area contributed by atoms with Crippen molar-refractivity contribution in [3.63, 3.8) is 0 Å². The summed E-state index contributed by atoms with van der Waals surface area (Å²) >= 11 is 1.60. The van der Waals surface area contributed by atoms with Crippen LogP contribution in [0.5, 0.6) is 0 Å². The van der Waals surface area contributed by atoms with Gasteiger partial charge in [-0.25, -0.2) is 4.98 Å². The Hall–Kier alpha value is -2.86. The first-order valence-corrected chi connectivity index (χ1v) is 16.8. The molecular weight excluding hydrogens is 576 g/mol. The minimum atomic E-state index is -0.775. The van der Waals surface area contributed by atoms with Crippen LogP contribution in [0, 0.1) is 24.2 Å². The van der Waals surface area contributed by atoms with Gasteiger partial charge in [0.05, 0.1) is 28.1 Å². The Morgan fingerprint density at radius 3 is 2.45 bits per heavy atom. The Morgan fingerprint density at radius 2 is 1.84 bits per heavy atom. The molecule has 3 amide bonds. The highest BCUT2D eigenvalue weighted by molar-refractivity contribution is 7.13. The Balaban J connectivity index is 1.33. The van der Waals surface area contributed by atoms with Crippen LogP contribution in [0.25, 0.3) is 10.4 Å². The van der Waals surface area contributed by atoms with Crippen LogP contribution in [0.3, 0.4) is 0 Å². The molecule has 0 saturated carbocycles. The number of primary amides is 1. The smallest absolute Gasteiger partial charge is 0.243 e. The minimum Gasteiger partial charge on any atom is -0.391 e. The summed E-state index contributed by atoms with van der Waals surface area (Å²) < 4.78 is 0. The Kier molecular flexibility index (Phi) is 10.1. The number of aryl methyl sites for hydroxylation is 1. The van der Waals surface area contributed by atoms with Crippen LogP contribution in [0.4, 0.5) is 0 Å². The summed E-state index contributed by atoms with van der Waals surface area (Å²) in [4.78, 5) is 50.0. The molecule has 11 heteroatoms. The van der Waals surface area contributed by atoms with Crippen molar-refractivity contribution in [2.24, 2.45) is 23.0 Å². The number of hydrogen-bond acceptors (Lipinski definition) is 8. The number of carbonyl (C=O) groups excluding carboxylic acids is 3. The molecule has 0 aliphatic carbocycles. The second-order valence-corrected chi connectivity index (χ2v) is 14.7. The van der Waals surface area contributed by atoms with Crippen LogP contribution in [0.1, 0.15) is 64.1 Å². The average molecular weight is 625 g/mol. The minimum absolute atomic E-state index is 0.117. The number of likely N-dealkylation sites (tertiary alicyclic amines) is 2. The summed E-state index contributed by atoms with van der Waals surface area (Å²) in [5.74, 6) is -1.47. The molecular formula is C33H48N6O4S. The molecule has 2 aromatic rings. The number of benzene rings is 1. The van der Waals surface area contributed by atoms with Gasteiger partial charge in [-0.2, -0.15) is 0 Å². The van der Waals surface area contributed by atoms with E-state index in [0.29, 0.717) is 25.4 Å². The van der Waals surface area contributed by atoms with E-state index in [-0.39, 0.29) is 42.6 Å². The first kappa shape index (κ1) is 32.5. The van der Waals surface area contributed by atoms with E-state index < -0.39 is 23.5 Å². The molecule has 1 aromatic heterocycles. The number of nitrogens with two attached hydrogens (primary N) is 1. The van der Waals surface area contributed by atoms with Gasteiger partial charge >= 0.3 is 0 Å². The normalized spacial score (nSPS) is 26.0. The highest BCUT2D eigenvalue weighted by Crippen LogP contribution is 2.41. The molecule has 3 aliphatic rings. The Bertz CT molecular complexity index is 1320. The molecule has 3 fully saturated rings. The summed E-state index contributed by atoms with van der Waals surface area (Å²) in [6.45, 7) is 11.2. The lowest BCUT2D eigenvalue weighted by Crippen LogP contribution is -2.61. The number of rotatable bonds is 8. The van der Waals surface area contributed by atoms with Crippen LogP contribution >= 0.6 is 11.3 Å². The van der Waals surface area contributed by atoms with Crippen LogP contribution in [-0.4, -0.2) is 88.0 Å². The molecule has 1 aromatic carbocycles. The lowest BCUT2D eigenvalue weighted by atomic mass is 9.70. The third kappa shape index (κ3) is 7.17. The van der Waals surface area contributed by atoms with Gasteiger partial charge in [0, 0.05) is 37.5 Å². The van der Waals surface area contributed by atoms with Gasteiger partial charge in [-0.05, 0) is 68.8 Å². The predicted octanol–water partition coefficient (Wildman–Crippen LogP) is 2.68. The van der Waals surface area contributed by atoms with Gasteiger partial charge in [0.2, 0.25) is 17.7 Å². The number of nitrogens with one attached hydrogen (secondary N) is 2. The molecule has 0 radical (unpaired) electrons. The molecule has 0 spiro atoms. The molecule has 5 atom stereocenters. The lowest BCUT2D eigenvalue weighted by molar-refractivity contribution is -0.150. The number of aliphatic hydroxyl groups excluding tert-OH is 1. The molecule has 44 heavy (non-hydrogen) atoms. The number of carbonyl (C=O) groups is 3. The van der Waals surface area contributed by atoms with E-state index in [4.69, 9.17) is 5.73 Å². The van der Waals surface area contributed by atoms with E-state index in [1.807, 2.05) is 36.7 Å². The van der Waals surface area contributed by atoms with E-state index in [1.165, 1.54) is 0 Å². The van der Waals surface area contributed by atoms with E-state index in [0.717, 1.165) is 54.2 Å². The summed E-state index contributed by atoms with van der Waals surface area (Å²) in [7, 11) is 0. The fourth-order valence-electron chi connectivity index (χ4n) is 7.45. The molecule has 4 heterocycles. The number of aliphatic hydroxyl groups is 1. The van der Waals surface area contributed by atoms with Crippen LogP contribution in [0.2, 0.25) is 0 Å². The zero-order valence-electron chi connectivity index (χ0n) is 26.4. The van der Waals surface area contributed by atoms with Crippen molar-refractivity contribution in [2.45, 2.75) is 90.6 Å². The average Bonchev–Trinajstić information content (AvgIpc) is 3.61. The summed E-state index contributed by atoms with van der Waals surface area (Å²) in [5.41, 5.74) is 10.2. The molecule has 0 bridgehead atoms. The molecule has 10 nitrogen and oxygen atoms in total. The summed E-state index contributed by atoms with van der Waals surface area (Å²) in [6, 6.07) is 7.42. The van der Waals surface area contributed by atoms with Crippen molar-refractivity contribution < 1.29 is 19.5 Å².